The van der Waals surface area contributed by atoms with E-state index in [1.54, 1.807) is 6.07 Å². The van der Waals surface area contributed by atoms with Crippen LogP contribution in [-0.2, 0) is 4.79 Å². The molecule has 2 nitrogen and oxygen atoms in total. The van der Waals surface area contributed by atoms with Gasteiger partial charge in [-0.25, -0.2) is 0 Å². The number of ether oxygens (including phenoxy) is 1. The van der Waals surface area contributed by atoms with Gasteiger partial charge in [0, 0.05) is 5.39 Å². The first-order chi connectivity index (χ1) is 7.31. The topological polar surface area (TPSA) is 26.3 Å². The first-order valence-corrected chi connectivity index (χ1v) is 5.68. The molecule has 2 aromatic rings. The third kappa shape index (κ3) is 2.18. The smallest absolute Gasteiger partial charge is 0.321 e. The molecule has 2 rings (SSSR count). The number of halogens is 1. The number of esters is 1. The van der Waals surface area contributed by atoms with Crippen molar-refractivity contribution in [1.29, 1.82) is 0 Å². The van der Waals surface area contributed by atoms with Crippen LogP contribution in [0.25, 0.3) is 10.8 Å². The average Bonchev–Trinajstić information content (AvgIpc) is 2.29. The molecule has 0 saturated carbocycles. The van der Waals surface area contributed by atoms with Gasteiger partial charge in [0.1, 0.15) is 11.1 Å². The Hall–Kier alpha value is -1.35. The molecule has 0 fully saturated rings. The van der Waals surface area contributed by atoms with Crippen LogP contribution >= 0.6 is 15.9 Å². The largest absolute Gasteiger partial charge is 0.425 e. The van der Waals surface area contributed by atoms with Crippen LogP contribution in [-0.4, -0.2) is 11.3 Å². The summed E-state index contributed by atoms with van der Waals surface area (Å²) in [6.45, 7) is 0. The molecule has 0 aliphatic carbocycles. The van der Waals surface area contributed by atoms with Crippen LogP contribution in [0.3, 0.4) is 0 Å². The van der Waals surface area contributed by atoms with Crippen molar-refractivity contribution in [3.63, 3.8) is 0 Å². The lowest BCUT2D eigenvalue weighted by Crippen LogP contribution is -2.08. The average molecular weight is 265 g/mol. The number of alkyl halides is 1. The van der Waals surface area contributed by atoms with Crippen LogP contribution in [0, 0.1) is 0 Å². The quantitative estimate of drug-likeness (QED) is 0.473. The highest BCUT2D eigenvalue weighted by molar-refractivity contribution is 9.09. The maximum atomic E-state index is 11.2. The molecule has 2 aromatic carbocycles. The van der Waals surface area contributed by atoms with Gasteiger partial charge < -0.3 is 4.74 Å². The molecule has 0 atom stereocenters. The van der Waals surface area contributed by atoms with E-state index in [9.17, 15) is 4.79 Å². The molecule has 0 aliphatic rings. The summed E-state index contributed by atoms with van der Waals surface area (Å²) in [6, 6.07) is 13.5. The third-order valence-electron chi connectivity index (χ3n) is 2.08. The molecule has 0 aliphatic heterocycles. The van der Waals surface area contributed by atoms with Gasteiger partial charge >= 0.3 is 5.97 Å². The molecule has 15 heavy (non-hydrogen) atoms. The van der Waals surface area contributed by atoms with E-state index < -0.39 is 0 Å². The number of rotatable bonds is 2. The number of fused-ring (bicyclic) bond motifs is 1. The van der Waals surface area contributed by atoms with Crippen molar-refractivity contribution in [2.75, 3.05) is 5.33 Å². The van der Waals surface area contributed by atoms with Gasteiger partial charge in [0.15, 0.2) is 0 Å². The van der Waals surface area contributed by atoms with Crippen LogP contribution in [0.4, 0.5) is 0 Å². The maximum absolute atomic E-state index is 11.2. The number of benzene rings is 2. The first-order valence-electron chi connectivity index (χ1n) is 4.55. The van der Waals surface area contributed by atoms with Gasteiger partial charge in [0.25, 0.3) is 0 Å². The Bertz CT molecular complexity index is 488. The summed E-state index contributed by atoms with van der Waals surface area (Å²) >= 11 is 3.06. The molecule has 0 unspecified atom stereocenters. The molecule has 0 radical (unpaired) electrons. The molecule has 0 bridgehead atoms. The number of hydrogen-bond acceptors (Lipinski definition) is 2. The molecule has 0 aromatic heterocycles. The van der Waals surface area contributed by atoms with E-state index in [0.29, 0.717) is 5.75 Å². The molecule has 0 N–H and O–H groups in total. The number of carbonyl (C=O) groups excluding carboxylic acids is 1. The second-order valence-electron chi connectivity index (χ2n) is 3.08. The van der Waals surface area contributed by atoms with Gasteiger partial charge in [-0.15, -0.1) is 0 Å². The standard InChI is InChI=1S/C12H9BrO2/c13-8-12(14)15-11-7-3-5-9-4-1-2-6-10(9)11/h1-7H,8H2. The summed E-state index contributed by atoms with van der Waals surface area (Å²) in [7, 11) is 0. The number of carbonyl (C=O) groups is 1. The fourth-order valence-electron chi connectivity index (χ4n) is 1.43. The highest BCUT2D eigenvalue weighted by atomic mass is 79.9. The van der Waals surface area contributed by atoms with Crippen molar-refractivity contribution in [3.05, 3.63) is 42.5 Å². The summed E-state index contributed by atoms with van der Waals surface area (Å²) in [5, 5.41) is 2.22. The highest BCUT2D eigenvalue weighted by Gasteiger charge is 2.05. The zero-order chi connectivity index (χ0) is 10.7. The van der Waals surface area contributed by atoms with Crippen LogP contribution < -0.4 is 4.74 Å². The Morgan fingerprint density at radius 3 is 2.67 bits per heavy atom. The van der Waals surface area contributed by atoms with Gasteiger partial charge in [0.2, 0.25) is 0 Å². The van der Waals surface area contributed by atoms with Crippen molar-refractivity contribution >= 4 is 32.7 Å². The molecule has 0 saturated heterocycles. The molecule has 0 spiro atoms. The Labute approximate surface area is 96.0 Å². The van der Waals surface area contributed by atoms with E-state index in [1.807, 2.05) is 36.4 Å². The third-order valence-corrected chi connectivity index (χ3v) is 2.54. The van der Waals surface area contributed by atoms with Gasteiger partial charge in [-0.3, -0.25) is 4.79 Å². The van der Waals surface area contributed by atoms with E-state index in [4.69, 9.17) is 4.74 Å². The van der Waals surface area contributed by atoms with E-state index in [0.717, 1.165) is 10.8 Å². The van der Waals surface area contributed by atoms with E-state index in [1.165, 1.54) is 0 Å². The molecular weight excluding hydrogens is 256 g/mol. The van der Waals surface area contributed by atoms with Crippen LogP contribution in [0.2, 0.25) is 0 Å². The molecule has 0 amide bonds. The summed E-state index contributed by atoms with van der Waals surface area (Å²) in [4.78, 5) is 11.2. The molecule has 76 valence electrons. The van der Waals surface area contributed by atoms with Crippen LogP contribution in [0.15, 0.2) is 42.5 Å². The lowest BCUT2D eigenvalue weighted by molar-refractivity contribution is -0.131. The van der Waals surface area contributed by atoms with Gasteiger partial charge in [0.05, 0.1) is 0 Å². The summed E-state index contributed by atoms with van der Waals surface area (Å²) in [6.07, 6.45) is 0. The predicted octanol–water partition coefficient (Wildman–Crippen LogP) is 3.14. The Morgan fingerprint density at radius 1 is 1.13 bits per heavy atom. The van der Waals surface area contributed by atoms with Gasteiger partial charge in [-0.1, -0.05) is 52.3 Å². The fourth-order valence-corrected chi connectivity index (χ4v) is 1.55. The van der Waals surface area contributed by atoms with Crippen molar-refractivity contribution < 1.29 is 9.53 Å². The number of hydrogen-bond donors (Lipinski definition) is 0. The van der Waals surface area contributed by atoms with Crippen LogP contribution in [0.5, 0.6) is 5.75 Å². The minimum absolute atomic E-state index is 0.205. The van der Waals surface area contributed by atoms with E-state index in [2.05, 4.69) is 15.9 Å². The van der Waals surface area contributed by atoms with Gasteiger partial charge in [-0.05, 0) is 11.5 Å². The minimum Gasteiger partial charge on any atom is -0.425 e. The Morgan fingerprint density at radius 2 is 1.87 bits per heavy atom. The normalized spacial score (nSPS) is 10.2. The summed E-state index contributed by atoms with van der Waals surface area (Å²) < 4.78 is 5.19. The Balaban J connectivity index is 2.46. The molecule has 3 heteroatoms. The second kappa shape index (κ2) is 4.45. The molecular formula is C12H9BrO2. The zero-order valence-corrected chi connectivity index (χ0v) is 9.53. The second-order valence-corrected chi connectivity index (χ2v) is 3.65. The Kier molecular flexibility index (Phi) is 3.02. The lowest BCUT2D eigenvalue weighted by atomic mass is 10.1. The van der Waals surface area contributed by atoms with Crippen molar-refractivity contribution in [3.8, 4) is 5.75 Å². The zero-order valence-electron chi connectivity index (χ0n) is 7.94. The van der Waals surface area contributed by atoms with Crippen molar-refractivity contribution in [2.45, 2.75) is 0 Å². The predicted molar refractivity (Wildman–Crippen MR) is 63.4 cm³/mol. The van der Waals surface area contributed by atoms with Crippen molar-refractivity contribution in [1.82, 2.24) is 0 Å². The SMILES string of the molecule is O=C(CBr)Oc1cccc2ccccc12. The molecule has 0 heterocycles. The lowest BCUT2D eigenvalue weighted by Gasteiger charge is -2.05. The van der Waals surface area contributed by atoms with Gasteiger partial charge in [-0.2, -0.15) is 0 Å². The van der Waals surface area contributed by atoms with Crippen LogP contribution in [0.1, 0.15) is 0 Å². The first kappa shape index (κ1) is 10.2. The minimum atomic E-state index is -0.286. The van der Waals surface area contributed by atoms with Crippen molar-refractivity contribution in [2.24, 2.45) is 0 Å². The van der Waals surface area contributed by atoms with E-state index >= 15 is 0 Å². The van der Waals surface area contributed by atoms with E-state index in [-0.39, 0.29) is 11.3 Å². The summed E-state index contributed by atoms with van der Waals surface area (Å²) in [5.74, 6) is 0.323. The monoisotopic (exact) mass is 264 g/mol. The summed E-state index contributed by atoms with van der Waals surface area (Å²) in [5.41, 5.74) is 0. The fraction of sp³-hybridized carbons (Fsp3) is 0.0833. The maximum Gasteiger partial charge on any atom is 0.321 e. The highest BCUT2D eigenvalue weighted by Crippen LogP contribution is 2.25.